The number of carbonyl (C=O) groups is 2. The number of aliphatic hydroxyl groups is 1. The Morgan fingerprint density at radius 1 is 1.09 bits per heavy atom. The minimum Gasteiger partial charge on any atom is -0.387 e. The quantitative estimate of drug-likeness (QED) is 0.410. The van der Waals surface area contributed by atoms with Crippen molar-refractivity contribution in [3.05, 3.63) is 63.6 Å². The molecule has 0 saturated carbocycles. The highest BCUT2D eigenvalue weighted by Gasteiger charge is 2.22. The van der Waals surface area contributed by atoms with Crippen molar-refractivity contribution in [2.75, 3.05) is 38.1 Å². The summed E-state index contributed by atoms with van der Waals surface area (Å²) in [6, 6.07) is 13.1. The Balaban J connectivity index is 1.54. The number of halogens is 2. The van der Waals surface area contributed by atoms with Crippen molar-refractivity contribution in [2.45, 2.75) is 38.1 Å². The number of nitrogens with one attached hydrogen (secondary N) is 3. The van der Waals surface area contributed by atoms with Gasteiger partial charge in [0.15, 0.2) is 0 Å². The predicted molar refractivity (Wildman–Crippen MR) is 137 cm³/mol. The van der Waals surface area contributed by atoms with E-state index in [0.29, 0.717) is 22.3 Å². The fourth-order valence-corrected chi connectivity index (χ4v) is 4.68. The molecule has 7 nitrogen and oxygen atoms in total. The summed E-state index contributed by atoms with van der Waals surface area (Å²) < 4.78 is 0. The summed E-state index contributed by atoms with van der Waals surface area (Å²) in [5, 5.41) is 18.5. The van der Waals surface area contributed by atoms with E-state index in [4.69, 9.17) is 28.3 Å². The van der Waals surface area contributed by atoms with Crippen LogP contribution < -0.4 is 16.0 Å². The first-order chi connectivity index (χ1) is 16.3. The highest BCUT2D eigenvalue weighted by molar-refractivity contribution is 6.35. The predicted octanol–water partition coefficient (Wildman–Crippen LogP) is 4.17. The van der Waals surface area contributed by atoms with Crippen LogP contribution in [0.2, 0.25) is 10.0 Å². The van der Waals surface area contributed by atoms with Crippen LogP contribution in [-0.2, 0) is 4.79 Å². The SMILES string of the molecule is Cc1ccc(C(CCN2CCC(NC(=O)CO)CC2)CNC(=O)Nc2cc(Cl)cc(Cl)c2)cc1. The summed E-state index contributed by atoms with van der Waals surface area (Å²) in [7, 11) is 0. The summed E-state index contributed by atoms with van der Waals surface area (Å²) in [5.41, 5.74) is 2.91. The lowest BCUT2D eigenvalue weighted by Crippen LogP contribution is -2.45. The molecule has 0 aliphatic carbocycles. The van der Waals surface area contributed by atoms with Gasteiger partial charge in [0.05, 0.1) is 0 Å². The Morgan fingerprint density at radius 3 is 2.35 bits per heavy atom. The maximum Gasteiger partial charge on any atom is 0.319 e. The van der Waals surface area contributed by atoms with Gasteiger partial charge < -0.3 is 26.0 Å². The molecule has 0 spiro atoms. The average molecular weight is 507 g/mol. The third-order valence-electron chi connectivity index (χ3n) is 6.07. The number of carbonyl (C=O) groups excluding carboxylic acids is 2. The van der Waals surface area contributed by atoms with E-state index >= 15 is 0 Å². The van der Waals surface area contributed by atoms with Gasteiger partial charge in [-0.05, 0) is 56.5 Å². The number of aliphatic hydroxyl groups excluding tert-OH is 1. The molecule has 1 saturated heterocycles. The van der Waals surface area contributed by atoms with Crippen molar-refractivity contribution in [1.82, 2.24) is 15.5 Å². The van der Waals surface area contributed by atoms with Gasteiger partial charge in [-0.3, -0.25) is 4.79 Å². The standard InChI is InChI=1S/C25H32Cl2N4O3/c1-17-2-4-18(5-3-17)19(6-9-31-10-7-22(8-11-31)29-24(33)16-32)15-28-25(34)30-23-13-20(26)12-21(27)14-23/h2-5,12-14,19,22,32H,6-11,15-16H2,1H3,(H,29,33)(H2,28,30,34). The van der Waals surface area contributed by atoms with Gasteiger partial charge in [0, 0.05) is 47.3 Å². The first kappa shape index (κ1) is 26.3. The first-order valence-electron chi connectivity index (χ1n) is 11.5. The number of amides is 3. The van der Waals surface area contributed by atoms with E-state index in [1.165, 1.54) is 11.1 Å². The number of anilines is 1. The molecule has 0 radical (unpaired) electrons. The van der Waals surface area contributed by atoms with Gasteiger partial charge in [0.2, 0.25) is 5.91 Å². The number of rotatable bonds is 9. The van der Waals surface area contributed by atoms with Crippen molar-refractivity contribution in [3.63, 3.8) is 0 Å². The van der Waals surface area contributed by atoms with Gasteiger partial charge in [-0.25, -0.2) is 4.79 Å². The topological polar surface area (TPSA) is 93.7 Å². The molecule has 3 amide bonds. The molecule has 0 bridgehead atoms. The fourth-order valence-electron chi connectivity index (χ4n) is 4.16. The number of likely N-dealkylation sites (tertiary alicyclic amines) is 1. The van der Waals surface area contributed by atoms with E-state index < -0.39 is 6.61 Å². The Hall–Kier alpha value is -2.32. The zero-order valence-electron chi connectivity index (χ0n) is 19.3. The molecule has 4 N–H and O–H groups in total. The second-order valence-corrected chi connectivity index (χ2v) is 9.60. The third-order valence-corrected chi connectivity index (χ3v) is 6.50. The summed E-state index contributed by atoms with van der Waals surface area (Å²) in [4.78, 5) is 26.3. The Labute approximate surface area is 210 Å². The van der Waals surface area contributed by atoms with Crippen LogP contribution in [0.4, 0.5) is 10.5 Å². The second kappa shape index (κ2) is 13.0. The van der Waals surface area contributed by atoms with Crippen LogP contribution in [0, 0.1) is 6.92 Å². The summed E-state index contributed by atoms with van der Waals surface area (Å²) in [6.07, 6.45) is 2.62. The van der Waals surface area contributed by atoms with E-state index in [2.05, 4.69) is 52.0 Å². The van der Waals surface area contributed by atoms with Crippen LogP contribution in [0.5, 0.6) is 0 Å². The van der Waals surface area contributed by atoms with Crippen molar-refractivity contribution in [1.29, 1.82) is 0 Å². The number of benzene rings is 2. The molecule has 9 heteroatoms. The molecule has 1 heterocycles. The van der Waals surface area contributed by atoms with Gasteiger partial charge in [0.25, 0.3) is 0 Å². The van der Waals surface area contributed by atoms with E-state index in [-0.39, 0.29) is 23.9 Å². The van der Waals surface area contributed by atoms with E-state index in [0.717, 1.165) is 38.9 Å². The molecule has 34 heavy (non-hydrogen) atoms. The molecule has 1 fully saturated rings. The van der Waals surface area contributed by atoms with E-state index in [1.54, 1.807) is 18.2 Å². The monoisotopic (exact) mass is 506 g/mol. The minimum absolute atomic E-state index is 0.120. The molecule has 2 aromatic rings. The highest BCUT2D eigenvalue weighted by atomic mass is 35.5. The lowest BCUT2D eigenvalue weighted by molar-refractivity contribution is -0.124. The van der Waals surface area contributed by atoms with Gasteiger partial charge in [-0.15, -0.1) is 0 Å². The molecule has 1 unspecified atom stereocenters. The maximum atomic E-state index is 12.5. The van der Waals surface area contributed by atoms with Crippen LogP contribution in [0.1, 0.15) is 36.3 Å². The molecular formula is C25H32Cl2N4O3. The molecule has 1 atom stereocenters. The van der Waals surface area contributed by atoms with Gasteiger partial charge in [0.1, 0.15) is 6.61 Å². The summed E-state index contributed by atoms with van der Waals surface area (Å²) in [6.45, 7) is 4.75. The van der Waals surface area contributed by atoms with E-state index in [9.17, 15) is 9.59 Å². The molecule has 2 aromatic carbocycles. The van der Waals surface area contributed by atoms with Gasteiger partial charge in [-0.1, -0.05) is 53.0 Å². The van der Waals surface area contributed by atoms with Crippen LogP contribution in [0.3, 0.4) is 0 Å². The molecule has 184 valence electrons. The third kappa shape index (κ3) is 8.47. The number of hydrogen-bond donors (Lipinski definition) is 4. The van der Waals surface area contributed by atoms with Crippen molar-refractivity contribution in [2.24, 2.45) is 0 Å². The summed E-state index contributed by atoms with van der Waals surface area (Å²) >= 11 is 12.0. The maximum absolute atomic E-state index is 12.5. The van der Waals surface area contributed by atoms with Crippen molar-refractivity contribution >= 4 is 40.8 Å². The van der Waals surface area contributed by atoms with Crippen LogP contribution in [-0.4, -0.2) is 60.8 Å². The second-order valence-electron chi connectivity index (χ2n) is 8.73. The van der Waals surface area contributed by atoms with Crippen molar-refractivity contribution in [3.8, 4) is 0 Å². The molecular weight excluding hydrogens is 475 g/mol. The van der Waals surface area contributed by atoms with E-state index in [1.807, 2.05) is 0 Å². The largest absolute Gasteiger partial charge is 0.387 e. The Morgan fingerprint density at radius 2 is 1.74 bits per heavy atom. The lowest BCUT2D eigenvalue weighted by atomic mass is 9.94. The zero-order chi connectivity index (χ0) is 24.5. The van der Waals surface area contributed by atoms with Gasteiger partial charge in [-0.2, -0.15) is 0 Å². The zero-order valence-corrected chi connectivity index (χ0v) is 20.8. The number of urea groups is 1. The number of nitrogens with zero attached hydrogens (tertiary/aromatic N) is 1. The van der Waals surface area contributed by atoms with Crippen LogP contribution in [0.15, 0.2) is 42.5 Å². The van der Waals surface area contributed by atoms with Crippen molar-refractivity contribution < 1.29 is 14.7 Å². The van der Waals surface area contributed by atoms with Crippen LogP contribution in [0.25, 0.3) is 0 Å². The number of aryl methyl sites for hydroxylation is 1. The number of piperidine rings is 1. The molecule has 3 rings (SSSR count). The average Bonchev–Trinajstić information content (AvgIpc) is 2.80. The molecule has 1 aliphatic heterocycles. The van der Waals surface area contributed by atoms with Crippen LogP contribution >= 0.6 is 23.2 Å². The number of hydrogen-bond acceptors (Lipinski definition) is 4. The Kier molecular flexibility index (Phi) is 10.0. The highest BCUT2D eigenvalue weighted by Crippen LogP contribution is 2.23. The fraction of sp³-hybridized carbons (Fsp3) is 0.440. The first-order valence-corrected chi connectivity index (χ1v) is 12.3. The molecule has 1 aliphatic rings. The summed E-state index contributed by atoms with van der Waals surface area (Å²) in [5.74, 6) is -0.164. The minimum atomic E-state index is -0.469. The normalized spacial score (nSPS) is 15.5. The lowest BCUT2D eigenvalue weighted by Gasteiger charge is -2.33. The molecule has 0 aromatic heterocycles. The Bertz CT molecular complexity index is 943. The van der Waals surface area contributed by atoms with Gasteiger partial charge >= 0.3 is 6.03 Å². The smallest absolute Gasteiger partial charge is 0.319 e.